The second-order valence-corrected chi connectivity index (χ2v) is 4.28. The molecule has 0 saturated carbocycles. The third-order valence-corrected chi connectivity index (χ3v) is 2.19. The Morgan fingerprint density at radius 3 is 2.76 bits per heavy atom. The smallest absolute Gasteiger partial charge is 0.258 e. The molecule has 4 nitrogen and oxygen atoms in total. The molecule has 0 aromatic heterocycles. The maximum absolute atomic E-state index is 11.4. The Bertz CT molecular complexity index is 388. The molecule has 94 valence electrons. The predicted molar refractivity (Wildman–Crippen MR) is 65.9 cm³/mol. The second kappa shape index (κ2) is 6.25. The third-order valence-electron chi connectivity index (χ3n) is 2.19. The van der Waals surface area contributed by atoms with Crippen molar-refractivity contribution in [2.45, 2.75) is 33.4 Å². The quantitative estimate of drug-likeness (QED) is 0.813. The first-order valence-electron chi connectivity index (χ1n) is 5.65. The van der Waals surface area contributed by atoms with E-state index in [2.05, 4.69) is 5.32 Å². The van der Waals surface area contributed by atoms with Gasteiger partial charge in [-0.2, -0.15) is 0 Å². The third kappa shape index (κ3) is 4.44. The molecule has 0 aliphatic heterocycles. The lowest BCUT2D eigenvalue weighted by molar-refractivity contribution is -0.123. The van der Waals surface area contributed by atoms with Gasteiger partial charge in [0.1, 0.15) is 5.75 Å². The summed E-state index contributed by atoms with van der Waals surface area (Å²) in [6, 6.07) is 5.59. The summed E-state index contributed by atoms with van der Waals surface area (Å²) in [6.07, 6.45) is 0. The molecule has 1 aromatic rings. The minimum atomic E-state index is -0.163. The molecule has 1 rings (SSSR count). The summed E-state index contributed by atoms with van der Waals surface area (Å²) in [5.74, 6) is 0.390. The number of rotatable bonds is 5. The van der Waals surface area contributed by atoms with Crippen molar-refractivity contribution in [2.75, 3.05) is 6.61 Å². The number of aliphatic hydroxyl groups excluding tert-OH is 1. The average molecular weight is 237 g/mol. The van der Waals surface area contributed by atoms with Gasteiger partial charge in [0.15, 0.2) is 6.61 Å². The fourth-order valence-electron chi connectivity index (χ4n) is 1.48. The Morgan fingerprint density at radius 1 is 1.47 bits per heavy atom. The molecule has 0 aliphatic carbocycles. The van der Waals surface area contributed by atoms with Gasteiger partial charge < -0.3 is 15.2 Å². The number of nitrogens with one attached hydrogen (secondary N) is 1. The summed E-state index contributed by atoms with van der Waals surface area (Å²) >= 11 is 0. The fraction of sp³-hybridized carbons (Fsp3) is 0.462. The van der Waals surface area contributed by atoms with E-state index in [1.807, 2.05) is 32.9 Å². The first kappa shape index (κ1) is 13.5. The molecule has 0 aliphatic rings. The molecule has 0 atom stereocenters. The van der Waals surface area contributed by atoms with Crippen LogP contribution in [0.4, 0.5) is 0 Å². The molecule has 0 unspecified atom stereocenters. The van der Waals surface area contributed by atoms with Crippen LogP contribution in [0.1, 0.15) is 25.0 Å². The minimum absolute atomic E-state index is 0.0335. The maximum Gasteiger partial charge on any atom is 0.258 e. The molecule has 0 radical (unpaired) electrons. The zero-order valence-corrected chi connectivity index (χ0v) is 10.5. The van der Waals surface area contributed by atoms with Crippen molar-refractivity contribution >= 4 is 5.91 Å². The number of hydrogen-bond donors (Lipinski definition) is 2. The number of benzene rings is 1. The zero-order chi connectivity index (χ0) is 12.8. The van der Waals surface area contributed by atoms with E-state index in [0.29, 0.717) is 11.3 Å². The van der Waals surface area contributed by atoms with E-state index in [9.17, 15) is 9.90 Å². The number of amides is 1. The van der Waals surface area contributed by atoms with Crippen LogP contribution in [0.2, 0.25) is 0 Å². The number of carbonyl (C=O) groups is 1. The predicted octanol–water partition coefficient (Wildman–Crippen LogP) is 1.39. The topological polar surface area (TPSA) is 58.6 Å². The SMILES string of the molecule is Cc1ccc(OCC(=O)NC(C)C)c(CO)c1. The van der Waals surface area contributed by atoms with Crippen LogP contribution in [0.5, 0.6) is 5.75 Å². The largest absolute Gasteiger partial charge is 0.483 e. The van der Waals surface area contributed by atoms with E-state index >= 15 is 0 Å². The highest BCUT2D eigenvalue weighted by Crippen LogP contribution is 2.19. The fourth-order valence-corrected chi connectivity index (χ4v) is 1.48. The van der Waals surface area contributed by atoms with E-state index in [4.69, 9.17) is 4.74 Å². The molecule has 0 bridgehead atoms. The molecule has 1 aromatic carbocycles. The summed E-state index contributed by atoms with van der Waals surface area (Å²) in [7, 11) is 0. The highest BCUT2D eigenvalue weighted by Gasteiger charge is 2.07. The Hall–Kier alpha value is -1.55. The number of hydrogen-bond acceptors (Lipinski definition) is 3. The minimum Gasteiger partial charge on any atom is -0.483 e. The van der Waals surface area contributed by atoms with Gasteiger partial charge in [-0.25, -0.2) is 0 Å². The molecule has 0 heterocycles. The monoisotopic (exact) mass is 237 g/mol. The highest BCUT2D eigenvalue weighted by atomic mass is 16.5. The Balaban J connectivity index is 2.60. The summed E-state index contributed by atoms with van der Waals surface area (Å²) in [4.78, 5) is 11.4. The Kier molecular flexibility index (Phi) is 4.97. The number of carbonyl (C=O) groups excluding carboxylic acids is 1. The van der Waals surface area contributed by atoms with Crippen LogP contribution in [0.3, 0.4) is 0 Å². The van der Waals surface area contributed by atoms with Crippen molar-refractivity contribution in [1.29, 1.82) is 0 Å². The lowest BCUT2D eigenvalue weighted by Crippen LogP contribution is -2.34. The van der Waals surface area contributed by atoms with Crippen molar-refractivity contribution in [3.8, 4) is 5.75 Å². The second-order valence-electron chi connectivity index (χ2n) is 4.28. The Morgan fingerprint density at radius 2 is 2.18 bits per heavy atom. The van der Waals surface area contributed by atoms with Gasteiger partial charge in [0.2, 0.25) is 0 Å². The molecule has 1 amide bonds. The van der Waals surface area contributed by atoms with E-state index in [-0.39, 0.29) is 25.2 Å². The number of aliphatic hydroxyl groups is 1. The van der Waals surface area contributed by atoms with Gasteiger partial charge in [-0.1, -0.05) is 17.7 Å². The lowest BCUT2D eigenvalue weighted by Gasteiger charge is -2.12. The van der Waals surface area contributed by atoms with Crippen LogP contribution >= 0.6 is 0 Å². The summed E-state index contributed by atoms with van der Waals surface area (Å²) < 4.78 is 5.37. The number of ether oxygens (including phenoxy) is 1. The van der Waals surface area contributed by atoms with Crippen molar-refractivity contribution in [1.82, 2.24) is 5.32 Å². The molecular formula is C13H19NO3. The van der Waals surface area contributed by atoms with Crippen LogP contribution in [0.25, 0.3) is 0 Å². The lowest BCUT2D eigenvalue weighted by atomic mass is 10.1. The zero-order valence-electron chi connectivity index (χ0n) is 10.5. The van der Waals surface area contributed by atoms with Crippen molar-refractivity contribution in [2.24, 2.45) is 0 Å². The van der Waals surface area contributed by atoms with Gasteiger partial charge >= 0.3 is 0 Å². The first-order valence-corrected chi connectivity index (χ1v) is 5.65. The number of aryl methyl sites for hydroxylation is 1. The first-order chi connectivity index (χ1) is 8.02. The van der Waals surface area contributed by atoms with Gasteiger partial charge in [-0.15, -0.1) is 0 Å². The molecule has 0 spiro atoms. The van der Waals surface area contributed by atoms with Crippen LogP contribution < -0.4 is 10.1 Å². The maximum atomic E-state index is 11.4. The van der Waals surface area contributed by atoms with Gasteiger partial charge in [-0.05, 0) is 26.8 Å². The van der Waals surface area contributed by atoms with Gasteiger partial charge in [-0.3, -0.25) is 4.79 Å². The molecule has 4 heteroatoms. The summed E-state index contributed by atoms with van der Waals surface area (Å²) in [6.45, 7) is 5.59. The van der Waals surface area contributed by atoms with E-state index in [1.165, 1.54) is 0 Å². The van der Waals surface area contributed by atoms with Crippen LogP contribution in [0.15, 0.2) is 18.2 Å². The van der Waals surface area contributed by atoms with Gasteiger partial charge in [0, 0.05) is 11.6 Å². The molecular weight excluding hydrogens is 218 g/mol. The summed E-state index contributed by atoms with van der Waals surface area (Å²) in [5.41, 5.74) is 1.75. The van der Waals surface area contributed by atoms with E-state index < -0.39 is 0 Å². The van der Waals surface area contributed by atoms with Gasteiger partial charge in [0.05, 0.1) is 6.61 Å². The molecule has 17 heavy (non-hydrogen) atoms. The van der Waals surface area contributed by atoms with E-state index in [1.54, 1.807) is 6.07 Å². The van der Waals surface area contributed by atoms with Crippen molar-refractivity contribution < 1.29 is 14.6 Å². The molecule has 2 N–H and O–H groups in total. The van der Waals surface area contributed by atoms with Crippen molar-refractivity contribution in [3.05, 3.63) is 29.3 Å². The highest BCUT2D eigenvalue weighted by molar-refractivity contribution is 5.77. The van der Waals surface area contributed by atoms with Crippen LogP contribution in [-0.2, 0) is 11.4 Å². The molecule has 0 fully saturated rings. The van der Waals surface area contributed by atoms with Crippen molar-refractivity contribution in [3.63, 3.8) is 0 Å². The van der Waals surface area contributed by atoms with Crippen LogP contribution in [0, 0.1) is 6.92 Å². The van der Waals surface area contributed by atoms with Crippen LogP contribution in [-0.4, -0.2) is 23.7 Å². The standard InChI is InChI=1S/C13H19NO3/c1-9(2)14-13(16)8-17-12-5-4-10(3)6-11(12)7-15/h4-6,9,15H,7-8H2,1-3H3,(H,14,16). The average Bonchev–Trinajstić information content (AvgIpc) is 2.26. The molecule has 0 saturated heterocycles. The summed E-state index contributed by atoms with van der Waals surface area (Å²) in [5, 5.41) is 11.9. The normalized spacial score (nSPS) is 10.4. The Labute approximate surface area is 102 Å². The van der Waals surface area contributed by atoms with E-state index in [0.717, 1.165) is 5.56 Å². The van der Waals surface area contributed by atoms with Gasteiger partial charge in [0.25, 0.3) is 5.91 Å².